The summed E-state index contributed by atoms with van der Waals surface area (Å²) in [7, 11) is 0. The fourth-order valence-electron chi connectivity index (χ4n) is 4.58. The van der Waals surface area contributed by atoms with Crippen LogP contribution in [0.1, 0.15) is 50.6 Å². The van der Waals surface area contributed by atoms with E-state index in [2.05, 4.69) is 42.9 Å². The number of hydrogen-bond acceptors (Lipinski definition) is 6. The third-order valence-corrected chi connectivity index (χ3v) is 6.87. The van der Waals surface area contributed by atoms with Gasteiger partial charge in [0.2, 0.25) is 0 Å². The lowest BCUT2D eigenvalue weighted by molar-refractivity contribution is 0.130. The van der Waals surface area contributed by atoms with E-state index in [4.69, 9.17) is 11.6 Å². The Hall–Kier alpha value is -3.30. The molecule has 9 heteroatoms. The van der Waals surface area contributed by atoms with E-state index < -0.39 is 5.83 Å². The van der Waals surface area contributed by atoms with Crippen LogP contribution in [0.5, 0.6) is 0 Å². The number of likely N-dealkylation sites (tertiary alicyclic amines) is 1. The second-order valence-electron chi connectivity index (χ2n) is 9.28. The van der Waals surface area contributed by atoms with Crippen LogP contribution in [0, 0.1) is 5.92 Å². The van der Waals surface area contributed by atoms with Gasteiger partial charge in [-0.2, -0.15) is 5.10 Å². The van der Waals surface area contributed by atoms with Gasteiger partial charge in [-0.25, -0.2) is 20.2 Å². The molecule has 0 atom stereocenters. The number of pyridine rings is 1. The van der Waals surface area contributed by atoms with E-state index >= 15 is 0 Å². The van der Waals surface area contributed by atoms with Crippen molar-refractivity contribution in [1.82, 2.24) is 25.1 Å². The average molecular weight is 479 g/mol. The summed E-state index contributed by atoms with van der Waals surface area (Å²) in [5.41, 5.74) is 10.9. The number of piperidine rings is 1. The molecule has 1 saturated carbocycles. The first kappa shape index (κ1) is 24.8. The Bertz CT molecular complexity index is 1120. The number of allylic oxidation sites excluding steroid dienone is 4. The molecule has 0 unspecified atom stereocenters. The maximum Gasteiger partial charge on any atom is 0.151 e. The minimum absolute atomic E-state index is 0.0392. The highest BCUT2D eigenvalue weighted by atomic mass is 19.1. The first-order valence-electron chi connectivity index (χ1n) is 12.2. The largest absolute Gasteiger partial charge is 0.383 e. The Morgan fingerprint density at radius 3 is 2.66 bits per heavy atom. The molecule has 4 rings (SSSR count). The Kier molecular flexibility index (Phi) is 8.09. The molecule has 8 nitrogen and oxygen atoms in total. The molecule has 2 aromatic rings. The molecule has 0 aromatic carbocycles. The molecule has 2 aliphatic rings. The van der Waals surface area contributed by atoms with Gasteiger partial charge in [0.1, 0.15) is 17.3 Å². The van der Waals surface area contributed by atoms with Crippen LogP contribution in [0.4, 0.5) is 10.2 Å². The zero-order valence-corrected chi connectivity index (χ0v) is 20.3. The van der Waals surface area contributed by atoms with E-state index in [1.807, 2.05) is 19.2 Å². The van der Waals surface area contributed by atoms with Crippen LogP contribution in [-0.2, 0) is 0 Å². The Morgan fingerprint density at radius 1 is 1.26 bits per heavy atom. The minimum Gasteiger partial charge on any atom is -0.383 e. The molecule has 186 valence electrons. The Labute approximate surface area is 206 Å². The molecule has 1 aliphatic carbocycles. The number of nitrogens with zero attached hydrogens (tertiary/aromatic N) is 5. The van der Waals surface area contributed by atoms with E-state index in [0.29, 0.717) is 11.6 Å². The lowest BCUT2D eigenvalue weighted by Gasteiger charge is -2.36. The topological polar surface area (TPSA) is 110 Å². The summed E-state index contributed by atoms with van der Waals surface area (Å²) < 4.78 is 16.0. The molecule has 1 aliphatic heterocycles. The second-order valence-corrected chi connectivity index (χ2v) is 9.28. The normalized spacial score (nSPS) is 18.7. The molecule has 35 heavy (non-hydrogen) atoms. The van der Waals surface area contributed by atoms with Crippen LogP contribution in [0.15, 0.2) is 66.0 Å². The van der Waals surface area contributed by atoms with Crippen molar-refractivity contribution in [2.24, 2.45) is 16.8 Å². The zero-order chi connectivity index (χ0) is 24.8. The number of hydrogen-bond donors (Lipinski definition) is 3. The number of hydrazine groups is 1. The van der Waals surface area contributed by atoms with Crippen LogP contribution in [0.3, 0.4) is 0 Å². The van der Waals surface area contributed by atoms with Gasteiger partial charge in [-0.1, -0.05) is 25.2 Å². The number of amidine groups is 1. The van der Waals surface area contributed by atoms with Crippen LogP contribution >= 0.6 is 0 Å². The fraction of sp³-hybridized carbons (Fsp3) is 0.423. The van der Waals surface area contributed by atoms with Gasteiger partial charge in [0.15, 0.2) is 5.84 Å². The van der Waals surface area contributed by atoms with Crippen molar-refractivity contribution in [3.8, 4) is 11.1 Å². The standard InChI is InChI=1S/C26H35FN8/c1-3-4-8-24(18(2)27)32-26(33-29)23-13-20(14-30-25(23)28)21-15-31-35(17-21)22-9-11-34(12-10-22)16-19-6-5-7-19/h3-4,8,13-15,17,19,22H,2,5-7,9-12,16,29H2,1H3,(H2,28,30)(H,32,33)/b4-3-,24-8+. The second kappa shape index (κ2) is 11.4. The highest BCUT2D eigenvalue weighted by Gasteiger charge is 2.25. The molecule has 1 saturated heterocycles. The van der Waals surface area contributed by atoms with Crippen molar-refractivity contribution in [1.29, 1.82) is 0 Å². The maximum absolute atomic E-state index is 13.9. The smallest absolute Gasteiger partial charge is 0.151 e. The number of nitrogens with two attached hydrogens (primary N) is 2. The molecule has 0 amide bonds. The van der Waals surface area contributed by atoms with Gasteiger partial charge in [0.05, 0.1) is 17.8 Å². The van der Waals surface area contributed by atoms with Crippen LogP contribution in [0.25, 0.3) is 11.1 Å². The SMILES string of the molecule is C=C(F)/C(=C\C=C/C)N=C(NN)c1cc(-c2cnn(C3CCN(CC4CCC4)CC3)c2)cnc1N. The van der Waals surface area contributed by atoms with Crippen LogP contribution < -0.4 is 17.0 Å². The average Bonchev–Trinajstić information content (AvgIpc) is 3.33. The van der Waals surface area contributed by atoms with Gasteiger partial charge < -0.3 is 16.1 Å². The van der Waals surface area contributed by atoms with Crippen molar-refractivity contribution in [3.63, 3.8) is 0 Å². The summed E-state index contributed by atoms with van der Waals surface area (Å²) >= 11 is 0. The van der Waals surface area contributed by atoms with E-state index in [9.17, 15) is 4.39 Å². The van der Waals surface area contributed by atoms with Gasteiger partial charge in [-0.15, -0.1) is 0 Å². The van der Waals surface area contributed by atoms with Crippen LogP contribution in [0.2, 0.25) is 0 Å². The van der Waals surface area contributed by atoms with Gasteiger partial charge in [-0.3, -0.25) is 4.68 Å². The number of aromatic nitrogens is 3. The van der Waals surface area contributed by atoms with Crippen molar-refractivity contribution in [3.05, 3.63) is 66.6 Å². The summed E-state index contributed by atoms with van der Waals surface area (Å²) in [5.74, 6) is 6.36. The highest BCUT2D eigenvalue weighted by molar-refractivity contribution is 6.03. The summed E-state index contributed by atoms with van der Waals surface area (Å²) in [4.78, 5) is 11.2. The molecule has 2 fully saturated rings. The first-order chi connectivity index (χ1) is 17.0. The van der Waals surface area contributed by atoms with Gasteiger partial charge in [0.25, 0.3) is 0 Å². The summed E-state index contributed by atoms with van der Waals surface area (Å²) in [6.45, 7) is 8.66. The number of nitrogens with one attached hydrogen (secondary N) is 1. The highest BCUT2D eigenvalue weighted by Crippen LogP contribution is 2.30. The molecule has 0 bridgehead atoms. The predicted molar refractivity (Wildman–Crippen MR) is 139 cm³/mol. The van der Waals surface area contributed by atoms with E-state index in [1.165, 1.54) is 31.9 Å². The molecule has 0 radical (unpaired) electrons. The number of anilines is 1. The number of nitrogen functional groups attached to an aromatic ring is 1. The lowest BCUT2D eigenvalue weighted by Crippen LogP contribution is -2.39. The fourth-order valence-corrected chi connectivity index (χ4v) is 4.58. The first-order valence-corrected chi connectivity index (χ1v) is 12.2. The quantitative estimate of drug-likeness (QED) is 0.173. The molecular weight excluding hydrogens is 443 g/mol. The summed E-state index contributed by atoms with van der Waals surface area (Å²) in [6.07, 6.45) is 16.9. The number of halogens is 1. The Balaban J connectivity index is 1.51. The maximum atomic E-state index is 13.9. The van der Waals surface area contributed by atoms with Crippen molar-refractivity contribution in [2.75, 3.05) is 25.4 Å². The van der Waals surface area contributed by atoms with Crippen molar-refractivity contribution >= 4 is 11.7 Å². The molecule has 3 heterocycles. The van der Waals surface area contributed by atoms with E-state index in [-0.39, 0.29) is 17.4 Å². The predicted octanol–water partition coefficient (Wildman–Crippen LogP) is 4.12. The van der Waals surface area contributed by atoms with Crippen LogP contribution in [-0.4, -0.2) is 45.1 Å². The van der Waals surface area contributed by atoms with Gasteiger partial charge >= 0.3 is 0 Å². The molecule has 2 aromatic heterocycles. The molecule has 5 N–H and O–H groups in total. The van der Waals surface area contributed by atoms with Crippen molar-refractivity contribution in [2.45, 2.75) is 45.1 Å². The van der Waals surface area contributed by atoms with E-state index in [1.54, 1.807) is 18.3 Å². The lowest BCUT2D eigenvalue weighted by atomic mass is 9.84. The van der Waals surface area contributed by atoms with Crippen molar-refractivity contribution < 1.29 is 4.39 Å². The zero-order valence-electron chi connectivity index (χ0n) is 20.3. The van der Waals surface area contributed by atoms with Gasteiger partial charge in [-0.05, 0) is 50.7 Å². The number of rotatable bonds is 8. The molecular formula is C26H35FN8. The van der Waals surface area contributed by atoms with Gasteiger partial charge in [0, 0.05) is 43.2 Å². The third kappa shape index (κ3) is 6.04. The monoisotopic (exact) mass is 478 g/mol. The van der Waals surface area contributed by atoms with E-state index in [0.717, 1.165) is 43.0 Å². The molecule has 0 spiro atoms. The third-order valence-electron chi connectivity index (χ3n) is 6.87. The minimum atomic E-state index is -0.682. The summed E-state index contributed by atoms with van der Waals surface area (Å²) in [6, 6.07) is 2.22. The summed E-state index contributed by atoms with van der Waals surface area (Å²) in [5, 5.41) is 4.64. The Morgan fingerprint density at radius 2 is 2.03 bits per heavy atom. The number of aliphatic imine (C=N–C) groups is 1.